The average Bonchev–Trinajstić information content (AvgIpc) is 3.21. The molecular weight excluding hydrogens is 427 g/mol. The monoisotopic (exact) mass is 452 g/mol. The van der Waals surface area contributed by atoms with E-state index in [-0.39, 0.29) is 30.0 Å². The van der Waals surface area contributed by atoms with Gasteiger partial charge in [0.2, 0.25) is 0 Å². The van der Waals surface area contributed by atoms with Crippen LogP contribution in [0, 0.1) is 5.82 Å². The van der Waals surface area contributed by atoms with Gasteiger partial charge < -0.3 is 14.2 Å². The van der Waals surface area contributed by atoms with Crippen LogP contribution in [0.3, 0.4) is 0 Å². The van der Waals surface area contributed by atoms with Crippen LogP contribution in [0.4, 0.5) is 4.39 Å². The van der Waals surface area contributed by atoms with Crippen molar-refractivity contribution in [3.8, 4) is 0 Å². The first-order valence-electron chi connectivity index (χ1n) is 11.0. The van der Waals surface area contributed by atoms with E-state index in [1.165, 1.54) is 12.1 Å². The highest BCUT2D eigenvalue weighted by Gasteiger charge is 2.32. The second kappa shape index (κ2) is 8.57. The van der Waals surface area contributed by atoms with Crippen molar-refractivity contribution < 1.29 is 23.9 Å². The molecule has 0 unspecified atom stereocenters. The SMILES string of the molecule is CN(C(=O)c1cn(Cc2ccc(F)cc2)c2cnc3c(c12)CCN(O)C3=O)C1CCOCC1. The predicted octanol–water partition coefficient (Wildman–Crippen LogP) is 2.86. The molecule has 9 heteroatoms. The molecule has 2 aromatic heterocycles. The Hall–Kier alpha value is -3.30. The van der Waals surface area contributed by atoms with E-state index in [2.05, 4.69) is 4.98 Å². The highest BCUT2D eigenvalue weighted by Crippen LogP contribution is 2.32. The van der Waals surface area contributed by atoms with Gasteiger partial charge in [-0.05, 0) is 42.5 Å². The van der Waals surface area contributed by atoms with E-state index in [0.717, 1.165) is 23.9 Å². The molecule has 2 aliphatic rings. The number of nitrogens with zero attached hydrogens (tertiary/aromatic N) is 4. The highest BCUT2D eigenvalue weighted by molar-refractivity contribution is 6.10. The number of halogens is 1. The lowest BCUT2D eigenvalue weighted by atomic mass is 9.98. The molecule has 0 bridgehead atoms. The van der Waals surface area contributed by atoms with Crippen LogP contribution >= 0.6 is 0 Å². The van der Waals surface area contributed by atoms with E-state index in [4.69, 9.17) is 4.74 Å². The van der Waals surface area contributed by atoms with E-state index < -0.39 is 5.91 Å². The number of pyridine rings is 1. The zero-order chi connectivity index (χ0) is 23.1. The molecule has 0 aliphatic carbocycles. The zero-order valence-electron chi connectivity index (χ0n) is 18.3. The molecule has 5 rings (SSSR count). The Balaban J connectivity index is 1.62. The summed E-state index contributed by atoms with van der Waals surface area (Å²) in [5, 5.41) is 11.2. The fourth-order valence-electron chi connectivity index (χ4n) is 4.73. The summed E-state index contributed by atoms with van der Waals surface area (Å²) in [7, 11) is 1.80. The van der Waals surface area contributed by atoms with Gasteiger partial charge in [0.1, 0.15) is 11.5 Å². The number of amides is 2. The third-order valence-electron chi connectivity index (χ3n) is 6.59. The molecule has 1 fully saturated rings. The second-order valence-corrected chi connectivity index (χ2v) is 8.58. The number of hydrogen-bond donors (Lipinski definition) is 1. The summed E-state index contributed by atoms with van der Waals surface area (Å²) in [4.78, 5) is 32.3. The van der Waals surface area contributed by atoms with Gasteiger partial charge >= 0.3 is 0 Å². The molecule has 172 valence electrons. The van der Waals surface area contributed by atoms with Gasteiger partial charge in [0.15, 0.2) is 0 Å². The molecule has 1 saturated heterocycles. The summed E-state index contributed by atoms with van der Waals surface area (Å²) < 4.78 is 20.7. The standard InChI is InChI=1S/C24H25FN4O4/c1-27(17-7-10-33-11-8-17)23(30)19-14-28(13-15-2-4-16(25)5-3-15)20-12-26-22-18(21(19)20)6-9-29(32)24(22)31/h2-5,12,14,17,32H,6-11,13H2,1H3. The quantitative estimate of drug-likeness (QED) is 0.615. The van der Waals surface area contributed by atoms with Crippen molar-refractivity contribution in [3.05, 3.63) is 64.9 Å². The maximum absolute atomic E-state index is 13.7. The minimum Gasteiger partial charge on any atom is -0.381 e. The van der Waals surface area contributed by atoms with Gasteiger partial charge in [-0.2, -0.15) is 0 Å². The summed E-state index contributed by atoms with van der Waals surface area (Å²) in [6.45, 7) is 1.80. The van der Waals surface area contributed by atoms with Gasteiger partial charge in [0, 0.05) is 44.4 Å². The van der Waals surface area contributed by atoms with E-state index in [0.29, 0.717) is 47.8 Å². The van der Waals surface area contributed by atoms with Crippen LogP contribution in [-0.2, 0) is 17.7 Å². The fraction of sp³-hybridized carbons (Fsp3) is 0.375. The number of aromatic nitrogens is 2. The van der Waals surface area contributed by atoms with Crippen molar-refractivity contribution in [2.75, 3.05) is 26.8 Å². The highest BCUT2D eigenvalue weighted by atomic mass is 19.1. The molecule has 0 atom stereocenters. The number of fused-ring (bicyclic) bond motifs is 3. The fourth-order valence-corrected chi connectivity index (χ4v) is 4.73. The largest absolute Gasteiger partial charge is 0.381 e. The molecule has 1 N–H and O–H groups in total. The lowest BCUT2D eigenvalue weighted by molar-refractivity contribution is -0.0606. The van der Waals surface area contributed by atoms with E-state index >= 15 is 0 Å². The van der Waals surface area contributed by atoms with E-state index in [1.807, 2.05) is 4.57 Å². The predicted molar refractivity (Wildman–Crippen MR) is 118 cm³/mol. The summed E-state index contributed by atoms with van der Waals surface area (Å²) in [5.74, 6) is -1.01. The number of carbonyl (C=O) groups is 2. The summed E-state index contributed by atoms with van der Waals surface area (Å²) >= 11 is 0. The normalized spacial score (nSPS) is 16.8. The number of rotatable bonds is 4. The smallest absolute Gasteiger partial charge is 0.296 e. The third-order valence-corrected chi connectivity index (χ3v) is 6.59. The molecule has 0 radical (unpaired) electrons. The van der Waals surface area contributed by atoms with Crippen LogP contribution in [0.5, 0.6) is 0 Å². The van der Waals surface area contributed by atoms with Crippen molar-refractivity contribution in [1.82, 2.24) is 19.5 Å². The average molecular weight is 452 g/mol. The van der Waals surface area contributed by atoms with Gasteiger partial charge in [-0.25, -0.2) is 14.4 Å². The van der Waals surface area contributed by atoms with Crippen LogP contribution in [0.2, 0.25) is 0 Å². The maximum Gasteiger partial charge on any atom is 0.296 e. The number of hydroxylamine groups is 2. The lowest BCUT2D eigenvalue weighted by Gasteiger charge is -2.31. The molecular formula is C24H25FN4O4. The van der Waals surface area contributed by atoms with Crippen LogP contribution in [-0.4, -0.2) is 69.4 Å². The van der Waals surface area contributed by atoms with Crippen molar-refractivity contribution in [2.24, 2.45) is 0 Å². The van der Waals surface area contributed by atoms with Crippen LogP contribution in [0.25, 0.3) is 10.9 Å². The topological polar surface area (TPSA) is 87.9 Å². The lowest BCUT2D eigenvalue weighted by Crippen LogP contribution is -2.40. The molecule has 2 amide bonds. The van der Waals surface area contributed by atoms with Crippen LogP contribution in [0.1, 0.15) is 44.8 Å². The van der Waals surface area contributed by atoms with Gasteiger partial charge in [-0.1, -0.05) is 12.1 Å². The Labute approximate surface area is 190 Å². The second-order valence-electron chi connectivity index (χ2n) is 8.58. The first-order valence-corrected chi connectivity index (χ1v) is 11.0. The number of benzene rings is 1. The first kappa shape index (κ1) is 21.5. The first-order chi connectivity index (χ1) is 15.9. The molecule has 33 heavy (non-hydrogen) atoms. The molecule has 8 nitrogen and oxygen atoms in total. The van der Waals surface area contributed by atoms with Gasteiger partial charge in [0.05, 0.1) is 23.8 Å². The molecule has 3 aromatic rings. The Morgan fingerprint density at radius 3 is 2.73 bits per heavy atom. The van der Waals surface area contributed by atoms with Gasteiger partial charge in [-0.3, -0.25) is 14.8 Å². The molecule has 2 aliphatic heterocycles. The Morgan fingerprint density at radius 2 is 2.00 bits per heavy atom. The van der Waals surface area contributed by atoms with Crippen LogP contribution < -0.4 is 0 Å². The number of ether oxygens (including phenoxy) is 1. The van der Waals surface area contributed by atoms with Gasteiger partial charge in [0.25, 0.3) is 11.8 Å². The van der Waals surface area contributed by atoms with Crippen LogP contribution in [0.15, 0.2) is 36.7 Å². The Kier molecular flexibility index (Phi) is 5.59. The molecule has 0 saturated carbocycles. The number of hydrogen-bond acceptors (Lipinski definition) is 5. The Bertz CT molecular complexity index is 1220. The van der Waals surface area contributed by atoms with Crippen molar-refractivity contribution in [2.45, 2.75) is 31.8 Å². The molecule has 0 spiro atoms. The zero-order valence-corrected chi connectivity index (χ0v) is 18.3. The number of carbonyl (C=O) groups excluding carboxylic acids is 2. The minimum atomic E-state index is -0.569. The third kappa shape index (κ3) is 3.87. The van der Waals surface area contributed by atoms with E-state index in [9.17, 15) is 19.2 Å². The minimum absolute atomic E-state index is 0.0778. The molecule has 1 aromatic carbocycles. The summed E-state index contributed by atoms with van der Waals surface area (Å²) in [6, 6.07) is 6.29. The van der Waals surface area contributed by atoms with Crippen molar-refractivity contribution >= 4 is 22.7 Å². The van der Waals surface area contributed by atoms with Crippen molar-refractivity contribution in [3.63, 3.8) is 0 Å². The summed E-state index contributed by atoms with van der Waals surface area (Å²) in [6.07, 6.45) is 5.30. The maximum atomic E-state index is 13.7. The summed E-state index contributed by atoms with van der Waals surface area (Å²) in [5.41, 5.74) is 2.93. The van der Waals surface area contributed by atoms with E-state index in [1.54, 1.807) is 36.5 Å². The van der Waals surface area contributed by atoms with Crippen molar-refractivity contribution in [1.29, 1.82) is 0 Å². The van der Waals surface area contributed by atoms with Gasteiger partial charge in [-0.15, -0.1) is 0 Å². The Morgan fingerprint density at radius 1 is 1.27 bits per heavy atom. The molecule has 4 heterocycles.